The van der Waals surface area contributed by atoms with Crippen LogP contribution < -0.4 is 5.32 Å². The summed E-state index contributed by atoms with van der Waals surface area (Å²) in [7, 11) is 0. The highest BCUT2D eigenvalue weighted by atomic mass is 16.2. The maximum absolute atomic E-state index is 12.3. The van der Waals surface area contributed by atoms with Gasteiger partial charge in [0.05, 0.1) is 12.4 Å². The van der Waals surface area contributed by atoms with Gasteiger partial charge < -0.3 is 10.2 Å². The molecule has 0 aromatic carbocycles. The number of carbonyl (C=O) groups is 1. The molecule has 1 saturated heterocycles. The predicted molar refractivity (Wildman–Crippen MR) is 75.1 cm³/mol. The fourth-order valence-electron chi connectivity index (χ4n) is 2.19. The van der Waals surface area contributed by atoms with E-state index in [2.05, 4.69) is 29.1 Å². The van der Waals surface area contributed by atoms with Gasteiger partial charge in [0.1, 0.15) is 11.5 Å². The molecule has 1 aliphatic heterocycles. The molecule has 1 fully saturated rings. The van der Waals surface area contributed by atoms with Gasteiger partial charge in [-0.25, -0.2) is 9.97 Å². The van der Waals surface area contributed by atoms with Gasteiger partial charge in [0.15, 0.2) is 0 Å². The van der Waals surface area contributed by atoms with Crippen LogP contribution in [0.5, 0.6) is 0 Å². The smallest absolute Gasteiger partial charge is 0.274 e. The van der Waals surface area contributed by atoms with Crippen LogP contribution in [0.2, 0.25) is 0 Å². The average Bonchev–Trinajstić information content (AvgIpc) is 2.39. The molecule has 1 N–H and O–H groups in total. The molecule has 0 aliphatic carbocycles. The van der Waals surface area contributed by atoms with Crippen LogP contribution >= 0.6 is 0 Å². The second kappa shape index (κ2) is 5.55. The van der Waals surface area contributed by atoms with Crippen molar-refractivity contribution in [1.82, 2.24) is 14.9 Å². The first kappa shape index (κ1) is 13.8. The van der Waals surface area contributed by atoms with Crippen molar-refractivity contribution in [1.29, 1.82) is 0 Å². The number of nitrogens with one attached hydrogen (secondary N) is 1. The van der Waals surface area contributed by atoms with Crippen LogP contribution in [-0.4, -0.2) is 40.4 Å². The molecule has 1 amide bonds. The van der Waals surface area contributed by atoms with E-state index in [1.807, 2.05) is 11.8 Å². The number of likely N-dealkylation sites (tertiary alicyclic amines) is 1. The first-order valence-electron chi connectivity index (χ1n) is 6.87. The molecule has 0 saturated carbocycles. The lowest BCUT2D eigenvalue weighted by molar-refractivity contribution is 0.0624. The van der Waals surface area contributed by atoms with E-state index in [0.29, 0.717) is 16.9 Å². The zero-order valence-corrected chi connectivity index (χ0v) is 11.9. The quantitative estimate of drug-likeness (QED) is 0.907. The summed E-state index contributed by atoms with van der Waals surface area (Å²) < 4.78 is 0. The number of hydrogen-bond acceptors (Lipinski definition) is 4. The van der Waals surface area contributed by atoms with Gasteiger partial charge in [0, 0.05) is 19.6 Å². The van der Waals surface area contributed by atoms with Gasteiger partial charge in [-0.05, 0) is 25.2 Å². The molecule has 2 rings (SSSR count). The fourth-order valence-corrected chi connectivity index (χ4v) is 2.19. The van der Waals surface area contributed by atoms with E-state index in [9.17, 15) is 4.79 Å². The van der Waals surface area contributed by atoms with Gasteiger partial charge in [-0.15, -0.1) is 0 Å². The van der Waals surface area contributed by atoms with Crippen LogP contribution in [0.25, 0.3) is 0 Å². The van der Waals surface area contributed by atoms with Gasteiger partial charge in [-0.3, -0.25) is 4.79 Å². The zero-order chi connectivity index (χ0) is 13.9. The molecule has 1 aromatic rings. The number of piperidine rings is 1. The highest BCUT2D eigenvalue weighted by Crippen LogP contribution is 2.30. The number of aromatic nitrogens is 2. The summed E-state index contributed by atoms with van der Waals surface area (Å²) in [4.78, 5) is 22.5. The Morgan fingerprint density at radius 1 is 1.32 bits per heavy atom. The highest BCUT2D eigenvalue weighted by Gasteiger charge is 2.28. The second-order valence-corrected chi connectivity index (χ2v) is 5.77. The Morgan fingerprint density at radius 3 is 2.53 bits per heavy atom. The Morgan fingerprint density at radius 2 is 2.00 bits per heavy atom. The van der Waals surface area contributed by atoms with Crippen molar-refractivity contribution < 1.29 is 4.79 Å². The molecule has 19 heavy (non-hydrogen) atoms. The summed E-state index contributed by atoms with van der Waals surface area (Å²) in [5.74, 6) is 0.699. The third-order valence-corrected chi connectivity index (χ3v) is 3.63. The lowest BCUT2D eigenvalue weighted by Gasteiger charge is -2.36. The molecule has 0 spiro atoms. The van der Waals surface area contributed by atoms with E-state index in [1.54, 1.807) is 12.4 Å². The molecule has 0 radical (unpaired) electrons. The Kier molecular flexibility index (Phi) is 4.02. The average molecular weight is 262 g/mol. The van der Waals surface area contributed by atoms with E-state index in [-0.39, 0.29) is 5.91 Å². The normalized spacial score (nSPS) is 18.2. The molecule has 5 nitrogen and oxygen atoms in total. The fraction of sp³-hybridized carbons (Fsp3) is 0.643. The minimum atomic E-state index is -0.00829. The molecule has 5 heteroatoms. The van der Waals surface area contributed by atoms with Crippen molar-refractivity contribution in [3.05, 3.63) is 18.1 Å². The summed E-state index contributed by atoms with van der Waals surface area (Å²) in [6, 6.07) is 0. The molecule has 1 aliphatic rings. The van der Waals surface area contributed by atoms with Crippen LogP contribution in [0.15, 0.2) is 12.4 Å². The van der Waals surface area contributed by atoms with E-state index in [0.717, 1.165) is 32.5 Å². The van der Waals surface area contributed by atoms with Crippen molar-refractivity contribution in [3.63, 3.8) is 0 Å². The molecule has 1 aromatic heterocycles. The van der Waals surface area contributed by atoms with Gasteiger partial charge in [0.2, 0.25) is 0 Å². The molecule has 104 valence electrons. The summed E-state index contributed by atoms with van der Waals surface area (Å²) in [6.07, 6.45) is 5.26. The van der Waals surface area contributed by atoms with Crippen molar-refractivity contribution in [2.45, 2.75) is 33.6 Å². The number of rotatable bonds is 3. The lowest BCUT2D eigenvalue weighted by atomic mass is 9.82. The third kappa shape index (κ3) is 3.43. The number of anilines is 1. The number of carbonyl (C=O) groups excluding carboxylic acids is 1. The molecule has 0 atom stereocenters. The molecule has 2 heterocycles. The Bertz CT molecular complexity index is 431. The standard InChI is InChI=1S/C14H22N4O/c1-4-15-12-10-16-11(9-17-12)13(19)18-7-5-14(2,3)6-8-18/h9-10H,4-8H2,1-3H3,(H,15,17). The van der Waals surface area contributed by atoms with Gasteiger partial charge in [-0.2, -0.15) is 0 Å². The van der Waals surface area contributed by atoms with E-state index < -0.39 is 0 Å². The largest absolute Gasteiger partial charge is 0.369 e. The topological polar surface area (TPSA) is 58.1 Å². The van der Waals surface area contributed by atoms with Crippen LogP contribution in [0, 0.1) is 5.41 Å². The Balaban J connectivity index is 2.00. The third-order valence-electron chi connectivity index (χ3n) is 3.63. The highest BCUT2D eigenvalue weighted by molar-refractivity contribution is 5.92. The lowest BCUT2D eigenvalue weighted by Crippen LogP contribution is -2.41. The predicted octanol–water partition coefficient (Wildman–Crippen LogP) is 2.17. The maximum Gasteiger partial charge on any atom is 0.274 e. The molecule has 0 unspecified atom stereocenters. The Hall–Kier alpha value is -1.65. The first-order chi connectivity index (χ1) is 9.02. The second-order valence-electron chi connectivity index (χ2n) is 5.77. The molecular weight excluding hydrogens is 240 g/mol. The summed E-state index contributed by atoms with van der Waals surface area (Å²) in [5, 5.41) is 3.07. The van der Waals surface area contributed by atoms with Crippen molar-refractivity contribution in [2.75, 3.05) is 25.0 Å². The molecular formula is C14H22N4O. The summed E-state index contributed by atoms with van der Waals surface area (Å²) >= 11 is 0. The molecule has 0 bridgehead atoms. The monoisotopic (exact) mass is 262 g/mol. The first-order valence-corrected chi connectivity index (χ1v) is 6.87. The van der Waals surface area contributed by atoms with Crippen molar-refractivity contribution >= 4 is 11.7 Å². The minimum Gasteiger partial charge on any atom is -0.369 e. The van der Waals surface area contributed by atoms with Gasteiger partial charge >= 0.3 is 0 Å². The van der Waals surface area contributed by atoms with Crippen LogP contribution in [-0.2, 0) is 0 Å². The van der Waals surface area contributed by atoms with Crippen LogP contribution in [0.3, 0.4) is 0 Å². The summed E-state index contributed by atoms with van der Waals surface area (Å²) in [6.45, 7) is 8.91. The van der Waals surface area contributed by atoms with Gasteiger partial charge in [0.25, 0.3) is 5.91 Å². The number of amides is 1. The number of nitrogens with zero attached hydrogens (tertiary/aromatic N) is 3. The van der Waals surface area contributed by atoms with Crippen molar-refractivity contribution in [2.24, 2.45) is 5.41 Å². The van der Waals surface area contributed by atoms with E-state index in [4.69, 9.17) is 0 Å². The maximum atomic E-state index is 12.3. The van der Waals surface area contributed by atoms with Crippen molar-refractivity contribution in [3.8, 4) is 0 Å². The van der Waals surface area contributed by atoms with Crippen LogP contribution in [0.1, 0.15) is 44.1 Å². The van der Waals surface area contributed by atoms with E-state index >= 15 is 0 Å². The minimum absolute atomic E-state index is 0.00829. The van der Waals surface area contributed by atoms with E-state index in [1.165, 1.54) is 0 Å². The SMILES string of the molecule is CCNc1cnc(C(=O)N2CCC(C)(C)CC2)cn1. The summed E-state index contributed by atoms with van der Waals surface area (Å²) in [5.41, 5.74) is 0.776. The Labute approximate surface area is 114 Å². The number of hydrogen-bond donors (Lipinski definition) is 1. The zero-order valence-electron chi connectivity index (χ0n) is 11.9. The van der Waals surface area contributed by atoms with Gasteiger partial charge in [-0.1, -0.05) is 13.8 Å². The van der Waals surface area contributed by atoms with Crippen LogP contribution in [0.4, 0.5) is 5.82 Å².